The maximum Gasteiger partial charge on any atom is 0.212 e. The van der Waals surface area contributed by atoms with Crippen molar-refractivity contribution in [2.45, 2.75) is 6.42 Å². The van der Waals surface area contributed by atoms with Crippen LogP contribution >= 0.6 is 11.3 Å². The van der Waals surface area contributed by atoms with Gasteiger partial charge in [-0.25, -0.2) is 9.50 Å². The third-order valence-corrected chi connectivity index (χ3v) is 3.39. The molecular weight excluding hydrogens is 234 g/mol. The third kappa shape index (κ3) is 1.92. The first-order chi connectivity index (χ1) is 8.36. The first-order valence-corrected chi connectivity index (χ1v) is 6.14. The lowest BCUT2D eigenvalue weighted by Crippen LogP contribution is -2.02. The molecule has 2 N–H and O–H groups in total. The maximum absolute atomic E-state index is 5.50. The van der Waals surface area contributed by atoms with Gasteiger partial charge in [0.15, 0.2) is 0 Å². The van der Waals surface area contributed by atoms with Gasteiger partial charge in [-0.3, -0.25) is 4.98 Å². The minimum Gasteiger partial charge on any atom is -0.330 e. The second kappa shape index (κ2) is 4.23. The number of nitrogens with zero attached hydrogens (tertiary/aromatic N) is 4. The van der Waals surface area contributed by atoms with E-state index < -0.39 is 0 Å². The van der Waals surface area contributed by atoms with E-state index in [-0.39, 0.29) is 0 Å². The lowest BCUT2D eigenvalue weighted by atomic mass is 10.3. The van der Waals surface area contributed by atoms with Crippen LogP contribution in [0.3, 0.4) is 0 Å². The number of aromatic nitrogens is 4. The summed E-state index contributed by atoms with van der Waals surface area (Å²) in [6.45, 7) is 0.613. The topological polar surface area (TPSA) is 69.1 Å². The second-order valence-electron chi connectivity index (χ2n) is 3.64. The first-order valence-electron chi connectivity index (χ1n) is 5.32. The second-order valence-corrected chi connectivity index (χ2v) is 4.60. The summed E-state index contributed by atoms with van der Waals surface area (Å²) in [6, 6.07) is 3.89. The lowest BCUT2D eigenvalue weighted by molar-refractivity contribution is 0.924. The normalized spacial score (nSPS) is 11.1. The van der Waals surface area contributed by atoms with E-state index in [0.717, 1.165) is 27.6 Å². The molecule has 6 heteroatoms. The molecule has 0 saturated heterocycles. The van der Waals surface area contributed by atoms with Crippen LogP contribution in [0.4, 0.5) is 0 Å². The van der Waals surface area contributed by atoms with E-state index in [0.29, 0.717) is 6.54 Å². The molecule has 0 bridgehead atoms. The van der Waals surface area contributed by atoms with E-state index in [2.05, 4.69) is 15.1 Å². The molecule has 0 unspecified atom stereocenters. The molecule has 0 aliphatic rings. The molecule has 0 radical (unpaired) electrons. The van der Waals surface area contributed by atoms with E-state index in [1.165, 1.54) is 0 Å². The molecule has 86 valence electrons. The Kier molecular flexibility index (Phi) is 2.58. The number of hydrogen-bond donors (Lipinski definition) is 1. The van der Waals surface area contributed by atoms with Gasteiger partial charge in [-0.15, -0.1) is 0 Å². The van der Waals surface area contributed by atoms with Gasteiger partial charge in [-0.05, 0) is 18.7 Å². The molecule has 0 aliphatic heterocycles. The summed E-state index contributed by atoms with van der Waals surface area (Å²) in [5.74, 6) is 0. The van der Waals surface area contributed by atoms with Crippen molar-refractivity contribution >= 4 is 16.3 Å². The molecule has 0 amide bonds. The Morgan fingerprint density at radius 1 is 1.29 bits per heavy atom. The average molecular weight is 245 g/mol. The predicted molar refractivity (Wildman–Crippen MR) is 66.9 cm³/mol. The summed E-state index contributed by atoms with van der Waals surface area (Å²) in [5.41, 5.74) is 7.56. The highest BCUT2D eigenvalue weighted by molar-refractivity contribution is 7.19. The summed E-state index contributed by atoms with van der Waals surface area (Å²) in [6.07, 6.45) is 6.25. The van der Waals surface area contributed by atoms with Crippen molar-refractivity contribution in [2.75, 3.05) is 6.54 Å². The van der Waals surface area contributed by atoms with Gasteiger partial charge in [0.1, 0.15) is 5.01 Å². The standard InChI is InChI=1S/C11H11N5S/c12-4-1-9-7-16-11(14-9)17-10(15-16)8-2-5-13-6-3-8/h2-3,5-7H,1,4,12H2. The van der Waals surface area contributed by atoms with Gasteiger partial charge in [0.25, 0.3) is 0 Å². The van der Waals surface area contributed by atoms with Crippen LogP contribution in [0.15, 0.2) is 30.7 Å². The van der Waals surface area contributed by atoms with E-state index in [1.807, 2.05) is 22.8 Å². The number of rotatable bonds is 3. The van der Waals surface area contributed by atoms with E-state index in [9.17, 15) is 0 Å². The zero-order valence-corrected chi connectivity index (χ0v) is 9.89. The summed E-state index contributed by atoms with van der Waals surface area (Å²) in [4.78, 5) is 9.37. The maximum atomic E-state index is 5.50. The summed E-state index contributed by atoms with van der Waals surface area (Å²) < 4.78 is 1.81. The largest absolute Gasteiger partial charge is 0.330 e. The Bertz CT molecular complexity index is 596. The van der Waals surface area contributed by atoms with Gasteiger partial charge in [-0.2, -0.15) is 5.10 Å². The van der Waals surface area contributed by atoms with Crippen molar-refractivity contribution in [1.82, 2.24) is 19.6 Å². The number of nitrogens with two attached hydrogens (primary N) is 1. The van der Waals surface area contributed by atoms with E-state index in [4.69, 9.17) is 5.73 Å². The molecule has 0 aromatic carbocycles. The quantitative estimate of drug-likeness (QED) is 0.756. The van der Waals surface area contributed by atoms with Gasteiger partial charge in [0.05, 0.1) is 11.9 Å². The van der Waals surface area contributed by atoms with Crippen molar-refractivity contribution in [3.63, 3.8) is 0 Å². The van der Waals surface area contributed by atoms with Crippen molar-refractivity contribution in [3.05, 3.63) is 36.4 Å². The minimum atomic E-state index is 0.613. The molecule has 0 saturated carbocycles. The summed E-state index contributed by atoms with van der Waals surface area (Å²) >= 11 is 1.57. The van der Waals surface area contributed by atoms with Crippen LogP contribution < -0.4 is 5.73 Å². The van der Waals surface area contributed by atoms with Crippen LogP contribution in [0.25, 0.3) is 15.5 Å². The predicted octanol–water partition coefficient (Wildman–Crippen LogP) is 1.35. The average Bonchev–Trinajstić information content (AvgIpc) is 2.88. The molecule has 0 atom stereocenters. The monoisotopic (exact) mass is 245 g/mol. The molecule has 0 aliphatic carbocycles. The lowest BCUT2D eigenvalue weighted by Gasteiger charge is -1.92. The van der Waals surface area contributed by atoms with Gasteiger partial charge in [0, 0.05) is 24.4 Å². The SMILES string of the molecule is NCCc1cn2nc(-c3ccncc3)sc2n1. The smallest absolute Gasteiger partial charge is 0.212 e. The fraction of sp³-hybridized carbons (Fsp3) is 0.182. The Morgan fingerprint density at radius 3 is 2.82 bits per heavy atom. The Labute approximate surface area is 102 Å². The zero-order chi connectivity index (χ0) is 11.7. The number of imidazole rings is 1. The molecule has 3 heterocycles. The summed E-state index contributed by atoms with van der Waals surface area (Å²) in [5, 5.41) is 5.44. The fourth-order valence-electron chi connectivity index (χ4n) is 1.62. The van der Waals surface area contributed by atoms with E-state index >= 15 is 0 Å². The van der Waals surface area contributed by atoms with Crippen LogP contribution in [-0.4, -0.2) is 26.1 Å². The molecular formula is C11H11N5S. The van der Waals surface area contributed by atoms with Crippen LogP contribution in [0.1, 0.15) is 5.69 Å². The third-order valence-electron chi connectivity index (χ3n) is 2.42. The van der Waals surface area contributed by atoms with Crippen molar-refractivity contribution in [2.24, 2.45) is 5.73 Å². The highest BCUT2D eigenvalue weighted by atomic mass is 32.1. The van der Waals surface area contributed by atoms with Crippen LogP contribution in [0, 0.1) is 0 Å². The van der Waals surface area contributed by atoms with Crippen molar-refractivity contribution in [1.29, 1.82) is 0 Å². The Balaban J connectivity index is 2.01. The van der Waals surface area contributed by atoms with E-state index in [1.54, 1.807) is 23.7 Å². The highest BCUT2D eigenvalue weighted by Crippen LogP contribution is 2.24. The summed E-state index contributed by atoms with van der Waals surface area (Å²) in [7, 11) is 0. The first kappa shape index (κ1) is 10.4. The molecule has 17 heavy (non-hydrogen) atoms. The van der Waals surface area contributed by atoms with Crippen LogP contribution in [0.2, 0.25) is 0 Å². The van der Waals surface area contributed by atoms with Crippen molar-refractivity contribution < 1.29 is 0 Å². The highest BCUT2D eigenvalue weighted by Gasteiger charge is 2.08. The molecule has 3 rings (SSSR count). The molecule has 3 aromatic heterocycles. The van der Waals surface area contributed by atoms with Crippen LogP contribution in [0.5, 0.6) is 0 Å². The number of hydrogen-bond acceptors (Lipinski definition) is 5. The molecule has 0 fully saturated rings. The Hall–Kier alpha value is -1.79. The van der Waals surface area contributed by atoms with Crippen LogP contribution in [-0.2, 0) is 6.42 Å². The van der Waals surface area contributed by atoms with Gasteiger partial charge < -0.3 is 5.73 Å². The molecule has 3 aromatic rings. The molecule has 0 spiro atoms. The number of pyridine rings is 1. The van der Waals surface area contributed by atoms with Gasteiger partial charge in [-0.1, -0.05) is 11.3 Å². The fourth-order valence-corrected chi connectivity index (χ4v) is 2.53. The molecule has 5 nitrogen and oxygen atoms in total. The van der Waals surface area contributed by atoms with Gasteiger partial charge >= 0.3 is 0 Å². The Morgan fingerprint density at radius 2 is 2.12 bits per heavy atom. The van der Waals surface area contributed by atoms with Gasteiger partial charge in [0.2, 0.25) is 4.96 Å². The number of fused-ring (bicyclic) bond motifs is 1. The van der Waals surface area contributed by atoms with Crippen molar-refractivity contribution in [3.8, 4) is 10.6 Å². The minimum absolute atomic E-state index is 0.613. The zero-order valence-electron chi connectivity index (χ0n) is 9.08.